The Kier molecular flexibility index (Phi) is 4.52. The van der Waals surface area contributed by atoms with E-state index in [9.17, 15) is 16.8 Å². The lowest BCUT2D eigenvalue weighted by Gasteiger charge is -2.31. The van der Waals surface area contributed by atoms with Crippen LogP contribution in [0.3, 0.4) is 0 Å². The molecule has 1 saturated heterocycles. The second kappa shape index (κ2) is 6.16. The molecule has 0 spiro atoms. The zero-order chi connectivity index (χ0) is 16.7. The first kappa shape index (κ1) is 16.9. The Balaban J connectivity index is 1.76. The first-order valence-corrected chi connectivity index (χ1v) is 11.2. The first-order valence-electron chi connectivity index (χ1n) is 7.85. The van der Waals surface area contributed by atoms with E-state index in [1.807, 2.05) is 6.07 Å². The lowest BCUT2D eigenvalue weighted by atomic mass is 10.1. The number of rotatable bonds is 4. The van der Waals surface area contributed by atoms with Gasteiger partial charge >= 0.3 is 0 Å². The molecule has 0 saturated carbocycles. The number of nitrogens with zero attached hydrogens (tertiary/aromatic N) is 1. The number of fused-ring (bicyclic) bond motifs is 1. The van der Waals surface area contributed by atoms with Crippen molar-refractivity contribution in [3.8, 4) is 0 Å². The topological polar surface area (TPSA) is 83.6 Å². The fourth-order valence-corrected chi connectivity index (χ4v) is 5.57. The Morgan fingerprint density at radius 1 is 1.09 bits per heavy atom. The Morgan fingerprint density at radius 2 is 1.83 bits per heavy atom. The number of hydrogen-bond acceptors (Lipinski definition) is 4. The van der Waals surface area contributed by atoms with Crippen molar-refractivity contribution in [3.05, 3.63) is 29.3 Å². The number of hydrogen-bond donors (Lipinski definition) is 1. The molecule has 2 aliphatic rings. The predicted octanol–water partition coefficient (Wildman–Crippen LogP) is 0.878. The van der Waals surface area contributed by atoms with Gasteiger partial charge in [0.1, 0.15) is 0 Å². The van der Waals surface area contributed by atoms with Gasteiger partial charge in [0.2, 0.25) is 20.0 Å². The van der Waals surface area contributed by atoms with Crippen molar-refractivity contribution >= 4 is 20.0 Å². The zero-order valence-corrected chi connectivity index (χ0v) is 14.8. The molecule has 1 fully saturated rings. The first-order chi connectivity index (χ1) is 10.8. The van der Waals surface area contributed by atoms with Crippen LogP contribution in [-0.4, -0.2) is 46.5 Å². The van der Waals surface area contributed by atoms with Gasteiger partial charge in [-0.2, -0.15) is 0 Å². The lowest BCUT2D eigenvalue weighted by molar-refractivity contribution is 0.305. The summed E-state index contributed by atoms with van der Waals surface area (Å²) < 4.78 is 52.5. The van der Waals surface area contributed by atoms with Crippen LogP contribution in [0, 0.1) is 0 Å². The van der Waals surface area contributed by atoms with Gasteiger partial charge in [0.25, 0.3) is 0 Å². The summed E-state index contributed by atoms with van der Waals surface area (Å²) in [4.78, 5) is 0.273. The van der Waals surface area contributed by atoms with Gasteiger partial charge in [-0.25, -0.2) is 25.9 Å². The molecule has 0 aromatic heterocycles. The van der Waals surface area contributed by atoms with Crippen LogP contribution in [0.1, 0.15) is 30.4 Å². The summed E-state index contributed by atoms with van der Waals surface area (Å²) in [6.45, 7) is 0.652. The Hall–Kier alpha value is -0.960. The van der Waals surface area contributed by atoms with Gasteiger partial charge in [0.15, 0.2) is 0 Å². The van der Waals surface area contributed by atoms with Crippen LogP contribution in [0.15, 0.2) is 23.1 Å². The van der Waals surface area contributed by atoms with Crippen LogP contribution in [0.25, 0.3) is 0 Å². The normalized spacial score (nSPS) is 22.9. The van der Waals surface area contributed by atoms with Gasteiger partial charge in [-0.1, -0.05) is 6.07 Å². The van der Waals surface area contributed by atoms with Crippen molar-refractivity contribution < 1.29 is 16.8 Å². The highest BCUT2D eigenvalue weighted by molar-refractivity contribution is 7.89. The van der Waals surface area contributed by atoms with E-state index in [-0.39, 0.29) is 17.5 Å². The van der Waals surface area contributed by atoms with E-state index in [1.54, 1.807) is 12.1 Å². The monoisotopic (exact) mass is 358 g/mol. The molecule has 1 unspecified atom stereocenters. The summed E-state index contributed by atoms with van der Waals surface area (Å²) >= 11 is 0. The van der Waals surface area contributed by atoms with E-state index in [0.29, 0.717) is 19.4 Å². The summed E-state index contributed by atoms with van der Waals surface area (Å²) in [7, 11) is -6.91. The van der Waals surface area contributed by atoms with Crippen LogP contribution >= 0.6 is 0 Å². The van der Waals surface area contributed by atoms with E-state index in [0.717, 1.165) is 31.1 Å². The third kappa shape index (κ3) is 3.76. The van der Waals surface area contributed by atoms with E-state index in [4.69, 9.17) is 0 Å². The summed E-state index contributed by atoms with van der Waals surface area (Å²) in [5.74, 6) is 0. The maximum atomic E-state index is 12.6. The van der Waals surface area contributed by atoms with Crippen molar-refractivity contribution in [2.75, 3.05) is 19.3 Å². The lowest BCUT2D eigenvalue weighted by Crippen LogP contribution is -2.49. The number of benzene rings is 1. The molecule has 0 bridgehead atoms. The summed E-state index contributed by atoms with van der Waals surface area (Å²) in [6.07, 6.45) is 5.46. The fourth-order valence-electron chi connectivity index (χ4n) is 3.34. The number of piperidine rings is 1. The van der Waals surface area contributed by atoms with Crippen molar-refractivity contribution in [2.45, 2.75) is 43.0 Å². The Bertz CT molecular complexity index is 803. The predicted molar refractivity (Wildman–Crippen MR) is 88.2 cm³/mol. The minimum atomic E-state index is -3.62. The summed E-state index contributed by atoms with van der Waals surface area (Å²) in [6, 6.07) is 4.91. The van der Waals surface area contributed by atoms with Gasteiger partial charge < -0.3 is 0 Å². The maximum absolute atomic E-state index is 12.6. The van der Waals surface area contributed by atoms with Gasteiger partial charge in [0, 0.05) is 19.1 Å². The molecule has 1 aromatic rings. The molecule has 1 heterocycles. The molecule has 0 amide bonds. The van der Waals surface area contributed by atoms with Crippen molar-refractivity contribution in [1.82, 2.24) is 9.03 Å². The van der Waals surface area contributed by atoms with Gasteiger partial charge in [-0.15, -0.1) is 0 Å². The second-order valence-corrected chi connectivity index (χ2v) is 10.1. The van der Waals surface area contributed by atoms with Gasteiger partial charge in [-0.05, 0) is 55.4 Å². The van der Waals surface area contributed by atoms with Gasteiger partial charge in [0.05, 0.1) is 11.2 Å². The van der Waals surface area contributed by atoms with Crippen molar-refractivity contribution in [2.24, 2.45) is 0 Å². The molecule has 0 radical (unpaired) electrons. The molecule has 1 aromatic carbocycles. The van der Waals surface area contributed by atoms with E-state index in [2.05, 4.69) is 4.72 Å². The number of aryl methyl sites for hydroxylation is 2. The molecule has 1 N–H and O–H groups in total. The third-order valence-electron chi connectivity index (χ3n) is 4.56. The molecule has 1 atom stereocenters. The molecule has 6 nitrogen and oxygen atoms in total. The maximum Gasteiger partial charge on any atom is 0.240 e. The highest BCUT2D eigenvalue weighted by Gasteiger charge is 2.29. The van der Waals surface area contributed by atoms with Crippen LogP contribution in [0.4, 0.5) is 0 Å². The standard InChI is InChI=1S/C15H22N2O4S2/c1-22(18,19)17-9-3-6-14(11-17)16-23(20,21)15-8-7-12-4-2-5-13(12)10-15/h7-8,10,14,16H,2-6,9,11H2,1H3. The zero-order valence-electron chi connectivity index (χ0n) is 13.2. The minimum absolute atomic E-state index is 0.197. The van der Waals surface area contributed by atoms with Crippen LogP contribution in [-0.2, 0) is 32.9 Å². The van der Waals surface area contributed by atoms with Crippen molar-refractivity contribution in [3.63, 3.8) is 0 Å². The van der Waals surface area contributed by atoms with Crippen LogP contribution < -0.4 is 4.72 Å². The molecule has 1 aliphatic heterocycles. The summed E-state index contributed by atoms with van der Waals surface area (Å²) in [5.41, 5.74) is 2.33. The largest absolute Gasteiger partial charge is 0.240 e. The van der Waals surface area contributed by atoms with E-state index in [1.165, 1.54) is 9.87 Å². The summed E-state index contributed by atoms with van der Waals surface area (Å²) in [5, 5.41) is 0. The highest BCUT2D eigenvalue weighted by Crippen LogP contribution is 2.25. The quantitative estimate of drug-likeness (QED) is 0.866. The molecular formula is C15H22N2O4S2. The Labute approximate surface area is 138 Å². The second-order valence-electron chi connectivity index (χ2n) is 6.37. The number of sulfonamides is 2. The van der Waals surface area contributed by atoms with Crippen molar-refractivity contribution in [1.29, 1.82) is 0 Å². The molecular weight excluding hydrogens is 336 g/mol. The molecule has 1 aliphatic carbocycles. The molecule has 3 rings (SSSR count). The number of nitrogens with one attached hydrogen (secondary N) is 1. The average molecular weight is 358 g/mol. The van der Waals surface area contributed by atoms with E-state index < -0.39 is 20.0 Å². The Morgan fingerprint density at radius 3 is 2.57 bits per heavy atom. The van der Waals surface area contributed by atoms with Crippen LogP contribution in [0.2, 0.25) is 0 Å². The van der Waals surface area contributed by atoms with Crippen LogP contribution in [0.5, 0.6) is 0 Å². The molecule has 8 heteroatoms. The smallest absolute Gasteiger partial charge is 0.213 e. The SMILES string of the molecule is CS(=O)(=O)N1CCCC(NS(=O)(=O)c2ccc3c(c2)CCC3)C1. The average Bonchev–Trinajstić information content (AvgIpc) is 2.93. The molecule has 128 valence electrons. The van der Waals surface area contributed by atoms with E-state index >= 15 is 0 Å². The molecule has 23 heavy (non-hydrogen) atoms. The fraction of sp³-hybridized carbons (Fsp3) is 0.600. The highest BCUT2D eigenvalue weighted by atomic mass is 32.2. The van der Waals surface area contributed by atoms with Gasteiger partial charge in [-0.3, -0.25) is 0 Å². The minimum Gasteiger partial charge on any atom is -0.213 e. The third-order valence-corrected chi connectivity index (χ3v) is 7.34.